The number of methoxy groups -OCH3 is 1. The standard InChI is InChI=1S/C15H16N2O3/c1-20-13-7-3-2-6-12(13)10-16-14(18)11-17-9-5-4-8-15(17)19/h2-9H,10-11H2,1H3,(H,16,18). The molecule has 5 nitrogen and oxygen atoms in total. The fourth-order valence-corrected chi connectivity index (χ4v) is 1.84. The molecule has 1 aromatic carbocycles. The summed E-state index contributed by atoms with van der Waals surface area (Å²) in [5.41, 5.74) is 0.698. The topological polar surface area (TPSA) is 60.3 Å². The van der Waals surface area contributed by atoms with E-state index in [0.717, 1.165) is 11.3 Å². The van der Waals surface area contributed by atoms with Gasteiger partial charge in [-0.1, -0.05) is 24.3 Å². The molecule has 0 spiro atoms. The van der Waals surface area contributed by atoms with Crippen molar-refractivity contribution in [2.75, 3.05) is 7.11 Å². The zero-order valence-corrected chi connectivity index (χ0v) is 11.2. The fraction of sp³-hybridized carbons (Fsp3) is 0.200. The van der Waals surface area contributed by atoms with E-state index in [1.54, 1.807) is 25.4 Å². The Balaban J connectivity index is 1.96. The number of hydrogen-bond acceptors (Lipinski definition) is 3. The molecule has 1 N–H and O–H groups in total. The molecule has 2 rings (SSSR count). The number of pyridine rings is 1. The van der Waals surface area contributed by atoms with Crippen molar-refractivity contribution in [3.8, 4) is 5.75 Å². The predicted octanol–water partition coefficient (Wildman–Crippen LogP) is 1.17. The van der Waals surface area contributed by atoms with E-state index in [4.69, 9.17) is 4.74 Å². The third-order valence-electron chi connectivity index (χ3n) is 2.88. The Kier molecular flexibility index (Phi) is 4.55. The Hall–Kier alpha value is -2.56. The van der Waals surface area contributed by atoms with Gasteiger partial charge in [0.25, 0.3) is 5.56 Å². The van der Waals surface area contributed by atoms with E-state index in [0.29, 0.717) is 6.54 Å². The summed E-state index contributed by atoms with van der Waals surface area (Å²) in [6, 6.07) is 12.3. The monoisotopic (exact) mass is 272 g/mol. The van der Waals surface area contributed by atoms with E-state index in [2.05, 4.69) is 5.32 Å². The zero-order chi connectivity index (χ0) is 14.4. The molecule has 0 fully saturated rings. The Morgan fingerprint density at radius 3 is 2.70 bits per heavy atom. The average Bonchev–Trinajstić information content (AvgIpc) is 2.48. The third-order valence-corrected chi connectivity index (χ3v) is 2.88. The number of carbonyl (C=O) groups excluding carboxylic acids is 1. The van der Waals surface area contributed by atoms with Crippen LogP contribution in [0.4, 0.5) is 0 Å². The smallest absolute Gasteiger partial charge is 0.250 e. The number of nitrogens with one attached hydrogen (secondary N) is 1. The molecule has 2 aromatic rings. The van der Waals surface area contributed by atoms with Gasteiger partial charge in [-0.25, -0.2) is 0 Å². The van der Waals surface area contributed by atoms with Crippen LogP contribution in [0.5, 0.6) is 5.75 Å². The molecular formula is C15H16N2O3. The molecule has 20 heavy (non-hydrogen) atoms. The van der Waals surface area contributed by atoms with Crippen molar-refractivity contribution in [2.45, 2.75) is 13.1 Å². The summed E-state index contributed by atoms with van der Waals surface area (Å²) in [5.74, 6) is 0.508. The van der Waals surface area contributed by atoms with Crippen LogP contribution in [0.25, 0.3) is 0 Å². The molecule has 0 radical (unpaired) electrons. The number of benzene rings is 1. The highest BCUT2D eigenvalue weighted by Gasteiger charge is 2.06. The van der Waals surface area contributed by atoms with Gasteiger partial charge in [0.1, 0.15) is 12.3 Å². The third kappa shape index (κ3) is 3.47. The fourth-order valence-electron chi connectivity index (χ4n) is 1.84. The second-order valence-corrected chi connectivity index (χ2v) is 4.26. The van der Waals surface area contributed by atoms with Gasteiger partial charge in [-0.05, 0) is 12.1 Å². The zero-order valence-electron chi connectivity index (χ0n) is 11.2. The van der Waals surface area contributed by atoms with E-state index in [9.17, 15) is 9.59 Å². The molecule has 0 aliphatic rings. The van der Waals surface area contributed by atoms with Crippen LogP contribution in [0.2, 0.25) is 0 Å². The number of nitrogens with zero attached hydrogens (tertiary/aromatic N) is 1. The normalized spacial score (nSPS) is 10.1. The first kappa shape index (κ1) is 13.9. The second kappa shape index (κ2) is 6.56. The summed E-state index contributed by atoms with van der Waals surface area (Å²) in [4.78, 5) is 23.3. The molecule has 0 atom stereocenters. The van der Waals surface area contributed by atoms with E-state index in [1.165, 1.54) is 10.6 Å². The summed E-state index contributed by atoms with van der Waals surface area (Å²) < 4.78 is 6.57. The summed E-state index contributed by atoms with van der Waals surface area (Å²) in [6.07, 6.45) is 1.59. The van der Waals surface area contributed by atoms with Gasteiger partial charge in [-0.3, -0.25) is 9.59 Å². The lowest BCUT2D eigenvalue weighted by Gasteiger charge is -2.10. The lowest BCUT2D eigenvalue weighted by atomic mass is 10.2. The minimum absolute atomic E-state index is 0.00875. The average molecular weight is 272 g/mol. The molecule has 0 unspecified atom stereocenters. The number of ether oxygens (including phenoxy) is 1. The van der Waals surface area contributed by atoms with Gasteiger partial charge < -0.3 is 14.6 Å². The lowest BCUT2D eigenvalue weighted by Crippen LogP contribution is -2.31. The first-order valence-electron chi connectivity index (χ1n) is 6.25. The second-order valence-electron chi connectivity index (χ2n) is 4.26. The van der Waals surface area contributed by atoms with Crippen molar-refractivity contribution in [3.05, 3.63) is 64.6 Å². The molecule has 0 bridgehead atoms. The van der Waals surface area contributed by atoms with Crippen LogP contribution in [0, 0.1) is 0 Å². The van der Waals surface area contributed by atoms with Crippen LogP contribution in [-0.4, -0.2) is 17.6 Å². The molecule has 0 aliphatic carbocycles. The maximum atomic E-state index is 11.8. The molecule has 0 saturated carbocycles. The summed E-state index contributed by atoms with van der Waals surface area (Å²) in [5, 5.41) is 2.77. The highest BCUT2D eigenvalue weighted by Crippen LogP contribution is 2.16. The van der Waals surface area contributed by atoms with Gasteiger partial charge in [0.15, 0.2) is 0 Å². The Labute approximate surface area is 116 Å². The van der Waals surface area contributed by atoms with Crippen molar-refractivity contribution in [3.63, 3.8) is 0 Å². The largest absolute Gasteiger partial charge is 0.496 e. The SMILES string of the molecule is COc1ccccc1CNC(=O)Cn1ccccc1=O. The molecule has 0 aliphatic heterocycles. The maximum absolute atomic E-state index is 11.8. The van der Waals surface area contributed by atoms with Crippen LogP contribution in [0.15, 0.2) is 53.5 Å². The van der Waals surface area contributed by atoms with Gasteiger partial charge in [-0.2, -0.15) is 0 Å². The van der Waals surface area contributed by atoms with Gasteiger partial charge in [0, 0.05) is 24.4 Å². The first-order valence-corrected chi connectivity index (χ1v) is 6.25. The Morgan fingerprint density at radius 1 is 1.20 bits per heavy atom. The molecule has 1 aromatic heterocycles. The number of aromatic nitrogens is 1. The molecule has 1 heterocycles. The molecule has 0 saturated heterocycles. The van der Waals surface area contributed by atoms with Crippen molar-refractivity contribution in [1.82, 2.24) is 9.88 Å². The quantitative estimate of drug-likeness (QED) is 0.889. The number of hydrogen-bond donors (Lipinski definition) is 1. The van der Waals surface area contributed by atoms with Crippen LogP contribution in [-0.2, 0) is 17.9 Å². The van der Waals surface area contributed by atoms with E-state index < -0.39 is 0 Å². The molecule has 1 amide bonds. The minimum atomic E-state index is -0.218. The summed E-state index contributed by atoms with van der Waals surface area (Å²) in [6.45, 7) is 0.374. The van der Waals surface area contributed by atoms with E-state index >= 15 is 0 Å². The van der Waals surface area contributed by atoms with Crippen LogP contribution < -0.4 is 15.6 Å². The molecule has 104 valence electrons. The Morgan fingerprint density at radius 2 is 1.95 bits per heavy atom. The number of rotatable bonds is 5. The molecule has 5 heteroatoms. The number of amides is 1. The van der Waals surface area contributed by atoms with Crippen molar-refractivity contribution in [2.24, 2.45) is 0 Å². The highest BCUT2D eigenvalue weighted by molar-refractivity contribution is 5.75. The van der Waals surface area contributed by atoms with Crippen molar-refractivity contribution >= 4 is 5.91 Å². The lowest BCUT2D eigenvalue weighted by molar-refractivity contribution is -0.121. The highest BCUT2D eigenvalue weighted by atomic mass is 16.5. The molecular weight excluding hydrogens is 256 g/mol. The van der Waals surface area contributed by atoms with Crippen molar-refractivity contribution < 1.29 is 9.53 Å². The van der Waals surface area contributed by atoms with Crippen molar-refractivity contribution in [1.29, 1.82) is 0 Å². The van der Waals surface area contributed by atoms with E-state index in [-0.39, 0.29) is 18.0 Å². The van der Waals surface area contributed by atoms with Gasteiger partial charge in [0.2, 0.25) is 5.91 Å². The van der Waals surface area contributed by atoms with E-state index in [1.807, 2.05) is 24.3 Å². The summed E-state index contributed by atoms with van der Waals surface area (Å²) >= 11 is 0. The number of para-hydroxylation sites is 1. The maximum Gasteiger partial charge on any atom is 0.250 e. The number of carbonyl (C=O) groups is 1. The van der Waals surface area contributed by atoms with Gasteiger partial charge >= 0.3 is 0 Å². The summed E-state index contributed by atoms with van der Waals surface area (Å²) in [7, 11) is 1.59. The van der Waals surface area contributed by atoms with Crippen LogP contribution >= 0.6 is 0 Å². The minimum Gasteiger partial charge on any atom is -0.496 e. The van der Waals surface area contributed by atoms with Crippen LogP contribution in [0.3, 0.4) is 0 Å². The van der Waals surface area contributed by atoms with Crippen LogP contribution in [0.1, 0.15) is 5.56 Å². The van der Waals surface area contributed by atoms with Gasteiger partial charge in [0.05, 0.1) is 7.11 Å². The predicted molar refractivity (Wildman–Crippen MR) is 75.5 cm³/mol. The first-order chi connectivity index (χ1) is 9.70. The van der Waals surface area contributed by atoms with Gasteiger partial charge in [-0.15, -0.1) is 0 Å². The Bertz CT molecular complexity index is 649.